The third kappa shape index (κ3) is 3.60. The first-order valence-electron chi connectivity index (χ1n) is 7.27. The Labute approximate surface area is 123 Å². The zero-order valence-corrected chi connectivity index (χ0v) is 14.6. The molecule has 0 radical (unpaired) electrons. The Morgan fingerprint density at radius 3 is 2.30 bits per heavy atom. The van der Waals surface area contributed by atoms with Crippen molar-refractivity contribution >= 4 is 13.3 Å². The number of rotatable bonds is 3. The van der Waals surface area contributed by atoms with Gasteiger partial charge in [0, 0.05) is 18.9 Å². The summed E-state index contributed by atoms with van der Waals surface area (Å²) < 4.78 is 2.13. The Balaban J connectivity index is 2.46. The van der Waals surface area contributed by atoms with Gasteiger partial charge >= 0.3 is 0 Å². The van der Waals surface area contributed by atoms with Crippen molar-refractivity contribution in [3.05, 3.63) is 48.0 Å². The SMILES string of the molecule is CC(C)(C)c1cc(Cn2ccnc2)cc([Si](C)(C)C)c1. The van der Waals surface area contributed by atoms with Crippen LogP contribution in [0.5, 0.6) is 0 Å². The van der Waals surface area contributed by atoms with Crippen molar-refractivity contribution in [3.8, 4) is 0 Å². The van der Waals surface area contributed by atoms with Gasteiger partial charge in [-0.3, -0.25) is 0 Å². The maximum absolute atomic E-state index is 4.13. The van der Waals surface area contributed by atoms with Gasteiger partial charge in [0.25, 0.3) is 0 Å². The Morgan fingerprint density at radius 1 is 1.10 bits per heavy atom. The van der Waals surface area contributed by atoms with E-state index in [-0.39, 0.29) is 5.41 Å². The third-order valence-electron chi connectivity index (χ3n) is 3.65. The molecule has 0 spiro atoms. The van der Waals surface area contributed by atoms with Crippen LogP contribution >= 0.6 is 0 Å². The first-order chi connectivity index (χ1) is 9.16. The molecule has 0 aliphatic rings. The Bertz CT molecular complexity index is 540. The summed E-state index contributed by atoms with van der Waals surface area (Å²) in [4.78, 5) is 4.13. The van der Waals surface area contributed by atoms with Gasteiger partial charge in [-0.05, 0) is 16.5 Å². The average molecular weight is 286 g/mol. The third-order valence-corrected chi connectivity index (χ3v) is 5.67. The summed E-state index contributed by atoms with van der Waals surface area (Å²) in [5, 5.41) is 1.54. The molecule has 1 aromatic carbocycles. The highest BCUT2D eigenvalue weighted by Crippen LogP contribution is 2.23. The minimum Gasteiger partial charge on any atom is -0.333 e. The van der Waals surface area contributed by atoms with Crippen LogP contribution in [0.4, 0.5) is 0 Å². The van der Waals surface area contributed by atoms with E-state index < -0.39 is 8.07 Å². The lowest BCUT2D eigenvalue weighted by Crippen LogP contribution is -2.38. The molecule has 0 amide bonds. The summed E-state index contributed by atoms with van der Waals surface area (Å²) in [5.41, 5.74) is 3.01. The lowest BCUT2D eigenvalue weighted by molar-refractivity contribution is 0.589. The van der Waals surface area contributed by atoms with Crippen molar-refractivity contribution in [1.29, 1.82) is 0 Å². The van der Waals surface area contributed by atoms with E-state index in [1.807, 2.05) is 18.7 Å². The van der Waals surface area contributed by atoms with Gasteiger partial charge in [0.2, 0.25) is 0 Å². The number of hydrogen-bond donors (Lipinski definition) is 0. The van der Waals surface area contributed by atoms with E-state index in [2.05, 4.69) is 68.2 Å². The van der Waals surface area contributed by atoms with E-state index in [0.717, 1.165) is 6.54 Å². The van der Waals surface area contributed by atoms with E-state index >= 15 is 0 Å². The van der Waals surface area contributed by atoms with Crippen molar-refractivity contribution in [2.24, 2.45) is 0 Å². The fourth-order valence-electron chi connectivity index (χ4n) is 2.24. The second-order valence-electron chi connectivity index (χ2n) is 7.65. The summed E-state index contributed by atoms with van der Waals surface area (Å²) in [6.45, 7) is 15.0. The summed E-state index contributed by atoms with van der Waals surface area (Å²) in [6.07, 6.45) is 5.75. The number of hydrogen-bond acceptors (Lipinski definition) is 1. The molecule has 0 saturated heterocycles. The van der Waals surface area contributed by atoms with Gasteiger partial charge in [0.15, 0.2) is 0 Å². The zero-order valence-electron chi connectivity index (χ0n) is 13.6. The Morgan fingerprint density at radius 2 is 1.80 bits per heavy atom. The molecule has 0 atom stereocenters. The molecule has 2 rings (SSSR count). The van der Waals surface area contributed by atoms with Gasteiger partial charge in [-0.1, -0.05) is 63.8 Å². The van der Waals surface area contributed by atoms with Crippen LogP contribution in [0.15, 0.2) is 36.9 Å². The van der Waals surface area contributed by atoms with E-state index in [1.165, 1.54) is 11.1 Å². The lowest BCUT2D eigenvalue weighted by atomic mass is 9.86. The molecule has 20 heavy (non-hydrogen) atoms. The Kier molecular flexibility index (Phi) is 3.92. The van der Waals surface area contributed by atoms with Crippen LogP contribution in [0.3, 0.4) is 0 Å². The van der Waals surface area contributed by atoms with Crippen molar-refractivity contribution in [2.45, 2.75) is 52.4 Å². The van der Waals surface area contributed by atoms with Crippen LogP contribution in [0.1, 0.15) is 31.9 Å². The van der Waals surface area contributed by atoms with Gasteiger partial charge in [0.1, 0.15) is 0 Å². The van der Waals surface area contributed by atoms with Gasteiger partial charge in [-0.25, -0.2) is 4.98 Å². The summed E-state index contributed by atoms with van der Waals surface area (Å²) in [6, 6.07) is 7.16. The first-order valence-corrected chi connectivity index (χ1v) is 10.8. The van der Waals surface area contributed by atoms with Crippen LogP contribution in [-0.4, -0.2) is 17.6 Å². The second kappa shape index (κ2) is 5.21. The number of imidazole rings is 1. The summed E-state index contributed by atoms with van der Waals surface area (Å²) in [5.74, 6) is 0. The highest BCUT2D eigenvalue weighted by molar-refractivity contribution is 6.88. The second-order valence-corrected chi connectivity index (χ2v) is 12.7. The van der Waals surface area contributed by atoms with Crippen LogP contribution < -0.4 is 5.19 Å². The largest absolute Gasteiger partial charge is 0.333 e. The molecular formula is C17H26N2Si. The molecule has 0 aliphatic heterocycles. The molecule has 0 bridgehead atoms. The molecule has 0 N–H and O–H groups in total. The predicted octanol–water partition coefficient (Wildman–Crippen LogP) is 3.77. The predicted molar refractivity (Wildman–Crippen MR) is 89.5 cm³/mol. The van der Waals surface area contributed by atoms with Gasteiger partial charge < -0.3 is 4.57 Å². The summed E-state index contributed by atoms with van der Waals surface area (Å²) in [7, 11) is -1.30. The van der Waals surface area contributed by atoms with Crippen molar-refractivity contribution in [1.82, 2.24) is 9.55 Å². The molecule has 2 nitrogen and oxygen atoms in total. The average Bonchev–Trinajstić information content (AvgIpc) is 2.79. The van der Waals surface area contributed by atoms with Gasteiger partial charge in [0.05, 0.1) is 14.4 Å². The topological polar surface area (TPSA) is 17.8 Å². The van der Waals surface area contributed by atoms with E-state index in [9.17, 15) is 0 Å². The highest BCUT2D eigenvalue weighted by Gasteiger charge is 2.21. The highest BCUT2D eigenvalue weighted by atomic mass is 28.3. The molecule has 2 aromatic rings. The van der Waals surface area contributed by atoms with Crippen LogP contribution in [0, 0.1) is 0 Å². The smallest absolute Gasteiger partial charge is 0.0949 e. The van der Waals surface area contributed by atoms with E-state index in [1.54, 1.807) is 5.19 Å². The minimum atomic E-state index is -1.30. The molecule has 108 valence electrons. The van der Waals surface area contributed by atoms with Crippen molar-refractivity contribution < 1.29 is 0 Å². The molecule has 3 heteroatoms. The van der Waals surface area contributed by atoms with Crippen LogP contribution in [0.25, 0.3) is 0 Å². The number of benzene rings is 1. The molecule has 0 fully saturated rings. The first kappa shape index (κ1) is 15.0. The molecule has 1 aromatic heterocycles. The van der Waals surface area contributed by atoms with E-state index in [0.29, 0.717) is 0 Å². The molecule has 1 heterocycles. The minimum absolute atomic E-state index is 0.194. The maximum Gasteiger partial charge on any atom is 0.0949 e. The standard InChI is InChI=1S/C17H26N2Si/c1-17(2,3)15-9-14(12-19-8-7-18-13-19)10-16(11-15)20(4,5)6/h7-11,13H,12H2,1-6H3. The van der Waals surface area contributed by atoms with E-state index in [4.69, 9.17) is 0 Å². The van der Waals surface area contributed by atoms with Gasteiger partial charge in [-0.15, -0.1) is 0 Å². The normalized spacial score (nSPS) is 12.7. The van der Waals surface area contributed by atoms with Crippen LogP contribution in [-0.2, 0) is 12.0 Å². The number of nitrogens with zero attached hydrogens (tertiary/aromatic N) is 2. The quantitative estimate of drug-likeness (QED) is 0.785. The molecule has 0 aliphatic carbocycles. The maximum atomic E-state index is 4.13. The monoisotopic (exact) mass is 286 g/mol. The molecule has 0 unspecified atom stereocenters. The van der Waals surface area contributed by atoms with Gasteiger partial charge in [-0.2, -0.15) is 0 Å². The fraction of sp³-hybridized carbons (Fsp3) is 0.471. The lowest BCUT2D eigenvalue weighted by Gasteiger charge is -2.25. The van der Waals surface area contributed by atoms with Crippen LogP contribution in [0.2, 0.25) is 19.6 Å². The Hall–Kier alpha value is -1.35. The molecule has 0 saturated carbocycles. The number of aromatic nitrogens is 2. The molecular weight excluding hydrogens is 260 g/mol. The fourth-order valence-corrected chi connectivity index (χ4v) is 3.45. The summed E-state index contributed by atoms with van der Waals surface area (Å²) >= 11 is 0. The van der Waals surface area contributed by atoms with Crippen molar-refractivity contribution in [3.63, 3.8) is 0 Å². The zero-order chi connectivity index (χ0) is 15.0. The van der Waals surface area contributed by atoms with Crippen molar-refractivity contribution in [2.75, 3.05) is 0 Å².